The highest BCUT2D eigenvalue weighted by Crippen LogP contribution is 2.24. The monoisotopic (exact) mass is 241 g/mol. The molecule has 0 aliphatic rings. The largest absolute Gasteiger partial charge is 0.496 e. The zero-order valence-corrected chi connectivity index (χ0v) is 11.0. The van der Waals surface area contributed by atoms with Crippen LogP contribution in [0.3, 0.4) is 0 Å². The van der Waals surface area contributed by atoms with Crippen molar-refractivity contribution in [1.82, 2.24) is 5.32 Å². The second-order valence-electron chi connectivity index (χ2n) is 3.98. The highest BCUT2D eigenvalue weighted by Gasteiger charge is 2.04. The van der Waals surface area contributed by atoms with Crippen molar-refractivity contribution in [2.45, 2.75) is 26.8 Å². The Morgan fingerprint density at radius 3 is 2.38 bits per heavy atom. The van der Waals surface area contributed by atoms with E-state index < -0.39 is 0 Å². The average molecular weight is 242 g/mol. The fourth-order valence-corrected chi connectivity index (χ4v) is 2.02. The molecule has 2 nitrogen and oxygen atoms in total. The van der Waals surface area contributed by atoms with Crippen molar-refractivity contribution in [3.8, 4) is 5.75 Å². The quantitative estimate of drug-likeness (QED) is 0.611. The van der Waals surface area contributed by atoms with E-state index in [4.69, 9.17) is 16.3 Å². The van der Waals surface area contributed by atoms with Gasteiger partial charge in [-0.1, -0.05) is 12.1 Å². The molecule has 1 aromatic carbocycles. The van der Waals surface area contributed by atoms with E-state index in [-0.39, 0.29) is 0 Å². The third kappa shape index (κ3) is 3.69. The minimum Gasteiger partial charge on any atom is -0.496 e. The number of nitrogens with one attached hydrogen (secondary N) is 1. The molecular formula is C13H20ClNO. The van der Waals surface area contributed by atoms with Crippen LogP contribution in [0.2, 0.25) is 0 Å². The van der Waals surface area contributed by atoms with Gasteiger partial charge in [-0.25, -0.2) is 0 Å². The lowest BCUT2D eigenvalue weighted by molar-refractivity contribution is 0.408. The molecular weight excluding hydrogens is 222 g/mol. The molecule has 0 aliphatic carbocycles. The van der Waals surface area contributed by atoms with Crippen LogP contribution in [0.5, 0.6) is 5.75 Å². The lowest BCUT2D eigenvalue weighted by Gasteiger charge is -2.11. The standard InChI is InChI=1S/C13H20ClNO/c1-10-7-12(9-15-6-4-5-14)8-11(2)13(10)16-3/h7-8,15H,4-6,9H2,1-3H3. The molecule has 1 rings (SSSR count). The third-order valence-electron chi connectivity index (χ3n) is 2.54. The number of methoxy groups -OCH3 is 1. The molecule has 0 bridgehead atoms. The molecule has 0 amide bonds. The molecule has 0 atom stereocenters. The molecule has 90 valence electrons. The third-order valence-corrected chi connectivity index (χ3v) is 2.81. The van der Waals surface area contributed by atoms with E-state index in [0.29, 0.717) is 5.88 Å². The predicted octanol–water partition coefficient (Wildman–Crippen LogP) is 3.03. The molecule has 0 spiro atoms. The number of rotatable bonds is 6. The topological polar surface area (TPSA) is 21.3 Å². The van der Waals surface area contributed by atoms with Crippen molar-refractivity contribution < 1.29 is 4.74 Å². The van der Waals surface area contributed by atoms with Gasteiger partial charge in [0.25, 0.3) is 0 Å². The van der Waals surface area contributed by atoms with Gasteiger partial charge in [0.15, 0.2) is 0 Å². The summed E-state index contributed by atoms with van der Waals surface area (Å²) in [5, 5.41) is 3.37. The first-order chi connectivity index (χ1) is 7.69. The Balaban J connectivity index is 2.61. The number of benzene rings is 1. The molecule has 0 radical (unpaired) electrons. The lowest BCUT2D eigenvalue weighted by Crippen LogP contribution is -2.15. The lowest BCUT2D eigenvalue weighted by atomic mass is 10.1. The van der Waals surface area contributed by atoms with E-state index in [9.17, 15) is 0 Å². The van der Waals surface area contributed by atoms with Gasteiger partial charge in [-0.3, -0.25) is 0 Å². The Labute approximate surface area is 103 Å². The first-order valence-electron chi connectivity index (χ1n) is 5.59. The first-order valence-corrected chi connectivity index (χ1v) is 6.13. The smallest absolute Gasteiger partial charge is 0.124 e. The van der Waals surface area contributed by atoms with Crippen molar-refractivity contribution in [3.63, 3.8) is 0 Å². The minimum absolute atomic E-state index is 0.716. The van der Waals surface area contributed by atoms with Crippen LogP contribution < -0.4 is 10.1 Å². The van der Waals surface area contributed by atoms with Crippen molar-refractivity contribution in [2.24, 2.45) is 0 Å². The molecule has 0 aliphatic heterocycles. The van der Waals surface area contributed by atoms with Gasteiger partial charge in [0, 0.05) is 12.4 Å². The van der Waals surface area contributed by atoms with Crippen LogP contribution >= 0.6 is 11.6 Å². The van der Waals surface area contributed by atoms with E-state index in [2.05, 4.69) is 31.3 Å². The van der Waals surface area contributed by atoms with Crippen LogP contribution in [0.4, 0.5) is 0 Å². The summed E-state index contributed by atoms with van der Waals surface area (Å²) >= 11 is 5.62. The maximum absolute atomic E-state index is 5.62. The molecule has 0 heterocycles. The summed E-state index contributed by atoms with van der Waals surface area (Å²) in [6, 6.07) is 4.33. The highest BCUT2D eigenvalue weighted by molar-refractivity contribution is 6.17. The summed E-state index contributed by atoms with van der Waals surface area (Å²) in [7, 11) is 1.72. The first kappa shape index (κ1) is 13.3. The number of halogens is 1. The summed E-state index contributed by atoms with van der Waals surface area (Å²) in [5.74, 6) is 1.71. The Morgan fingerprint density at radius 1 is 1.25 bits per heavy atom. The van der Waals surface area contributed by atoms with Crippen molar-refractivity contribution >= 4 is 11.6 Å². The van der Waals surface area contributed by atoms with Gasteiger partial charge in [0.05, 0.1) is 7.11 Å². The molecule has 0 saturated carbocycles. The molecule has 3 heteroatoms. The molecule has 1 N–H and O–H groups in total. The number of alkyl halides is 1. The second-order valence-corrected chi connectivity index (χ2v) is 4.36. The van der Waals surface area contributed by atoms with E-state index in [0.717, 1.165) is 25.3 Å². The van der Waals surface area contributed by atoms with Crippen LogP contribution in [-0.4, -0.2) is 19.5 Å². The van der Waals surface area contributed by atoms with Gasteiger partial charge in [0.1, 0.15) is 5.75 Å². The van der Waals surface area contributed by atoms with Crippen molar-refractivity contribution in [1.29, 1.82) is 0 Å². The highest BCUT2D eigenvalue weighted by atomic mass is 35.5. The van der Waals surface area contributed by atoms with E-state index >= 15 is 0 Å². The molecule has 16 heavy (non-hydrogen) atoms. The summed E-state index contributed by atoms with van der Waals surface area (Å²) in [6.45, 7) is 6.01. The second kappa shape index (κ2) is 6.77. The molecule has 0 fully saturated rings. The number of aryl methyl sites for hydroxylation is 2. The van der Waals surface area contributed by atoms with Gasteiger partial charge < -0.3 is 10.1 Å². The maximum atomic E-state index is 5.62. The summed E-state index contributed by atoms with van der Waals surface area (Å²) in [4.78, 5) is 0. The van der Waals surface area contributed by atoms with Gasteiger partial charge >= 0.3 is 0 Å². The van der Waals surface area contributed by atoms with Gasteiger partial charge in [-0.2, -0.15) is 0 Å². The summed E-state index contributed by atoms with van der Waals surface area (Å²) < 4.78 is 5.34. The predicted molar refractivity (Wildman–Crippen MR) is 69.5 cm³/mol. The molecule has 0 unspecified atom stereocenters. The van der Waals surface area contributed by atoms with Crippen molar-refractivity contribution in [2.75, 3.05) is 19.5 Å². The molecule has 1 aromatic rings. The fourth-order valence-electron chi connectivity index (χ4n) is 1.89. The van der Waals surface area contributed by atoms with E-state index in [1.807, 2.05) is 0 Å². The molecule has 0 saturated heterocycles. The number of ether oxygens (including phenoxy) is 1. The van der Waals surface area contributed by atoms with Crippen LogP contribution in [0.1, 0.15) is 23.1 Å². The maximum Gasteiger partial charge on any atom is 0.124 e. The molecule has 0 aromatic heterocycles. The van der Waals surface area contributed by atoms with Crippen LogP contribution in [0, 0.1) is 13.8 Å². The van der Waals surface area contributed by atoms with Gasteiger partial charge in [0.2, 0.25) is 0 Å². The number of hydrogen-bond acceptors (Lipinski definition) is 2. The van der Waals surface area contributed by atoms with Crippen molar-refractivity contribution in [3.05, 3.63) is 28.8 Å². The van der Waals surface area contributed by atoms with E-state index in [1.165, 1.54) is 16.7 Å². The minimum atomic E-state index is 0.716. The van der Waals surface area contributed by atoms with Gasteiger partial charge in [-0.15, -0.1) is 11.6 Å². The van der Waals surface area contributed by atoms with Crippen LogP contribution in [0.15, 0.2) is 12.1 Å². The Hall–Kier alpha value is -0.730. The number of hydrogen-bond donors (Lipinski definition) is 1. The SMILES string of the molecule is COc1c(C)cc(CNCCCCl)cc1C. The zero-order chi connectivity index (χ0) is 12.0. The Bertz CT molecular complexity index is 316. The van der Waals surface area contributed by atoms with Crippen LogP contribution in [-0.2, 0) is 6.54 Å². The fraction of sp³-hybridized carbons (Fsp3) is 0.538. The Kier molecular flexibility index (Phi) is 5.64. The normalized spacial score (nSPS) is 10.5. The summed E-state index contributed by atoms with van der Waals surface area (Å²) in [6.07, 6.45) is 1.01. The van der Waals surface area contributed by atoms with E-state index in [1.54, 1.807) is 7.11 Å². The average Bonchev–Trinajstić information content (AvgIpc) is 2.24. The van der Waals surface area contributed by atoms with Gasteiger partial charge in [-0.05, 0) is 43.5 Å². The zero-order valence-electron chi connectivity index (χ0n) is 10.3. The summed E-state index contributed by atoms with van der Waals surface area (Å²) in [5.41, 5.74) is 3.68. The Morgan fingerprint density at radius 2 is 1.88 bits per heavy atom. The van der Waals surface area contributed by atoms with Crippen LogP contribution in [0.25, 0.3) is 0 Å².